The first-order valence-electron chi connectivity index (χ1n) is 12.5. The molecule has 0 saturated carbocycles. The van der Waals surface area contributed by atoms with Gasteiger partial charge in [0.05, 0.1) is 17.2 Å². The smallest absolute Gasteiger partial charge is 0.342 e. The van der Waals surface area contributed by atoms with E-state index in [1.807, 2.05) is 13.0 Å². The largest absolute Gasteiger partial charge is 0.416 e. The van der Waals surface area contributed by atoms with Gasteiger partial charge in [0, 0.05) is 36.0 Å². The maximum absolute atomic E-state index is 14.1. The number of nitrogens with zero attached hydrogens (tertiary/aromatic N) is 3. The molecule has 2 heterocycles. The lowest BCUT2D eigenvalue weighted by molar-refractivity contribution is -0.143. The molecular weight excluding hydrogens is 495 g/mol. The summed E-state index contributed by atoms with van der Waals surface area (Å²) in [4.78, 5) is 43.9. The van der Waals surface area contributed by atoms with E-state index in [4.69, 9.17) is 0 Å². The number of halogens is 3. The molecule has 0 N–H and O–H groups in total. The Kier molecular flexibility index (Phi) is 7.45. The van der Waals surface area contributed by atoms with E-state index in [0.29, 0.717) is 24.2 Å². The summed E-state index contributed by atoms with van der Waals surface area (Å²) in [7, 11) is 0. The molecule has 0 aromatic heterocycles. The Balaban J connectivity index is 1.92. The van der Waals surface area contributed by atoms with Gasteiger partial charge in [-0.1, -0.05) is 25.1 Å². The van der Waals surface area contributed by atoms with Gasteiger partial charge in [-0.15, -0.1) is 0 Å². The number of Topliss-reactive ketones (excluding diaryl/α,β-unsaturated/α-hetero) is 1. The van der Waals surface area contributed by atoms with Crippen molar-refractivity contribution in [1.29, 1.82) is 5.26 Å². The minimum absolute atomic E-state index is 0.0656. The standard InChI is InChI=1S/C29H28F3N3O3/c1-17-6-5-13-34(16-17)27(37)26-25(21-11-9-20(15-33)10-12-21)24(19(3)36)18(2)35(28(26)38)23-8-4-7-22(14-23)29(30,31)32/h4,7-12,14,17,25-26H,5-6,13,16H2,1-3H3. The highest BCUT2D eigenvalue weighted by molar-refractivity contribution is 6.15. The van der Waals surface area contributed by atoms with Crippen LogP contribution in [0.2, 0.25) is 0 Å². The van der Waals surface area contributed by atoms with Crippen LogP contribution in [0.5, 0.6) is 0 Å². The minimum atomic E-state index is -4.64. The second-order valence-corrected chi connectivity index (χ2v) is 10.00. The van der Waals surface area contributed by atoms with E-state index in [2.05, 4.69) is 0 Å². The maximum atomic E-state index is 14.1. The Morgan fingerprint density at radius 3 is 2.37 bits per heavy atom. The van der Waals surface area contributed by atoms with Gasteiger partial charge in [0.1, 0.15) is 5.92 Å². The van der Waals surface area contributed by atoms with E-state index >= 15 is 0 Å². The number of amides is 2. The maximum Gasteiger partial charge on any atom is 0.416 e. The van der Waals surface area contributed by atoms with Crippen LogP contribution in [0.15, 0.2) is 59.8 Å². The molecule has 0 spiro atoms. The van der Waals surface area contributed by atoms with Crippen molar-refractivity contribution in [1.82, 2.24) is 4.90 Å². The molecule has 198 valence electrons. The Hall–Kier alpha value is -3.93. The average Bonchev–Trinajstić information content (AvgIpc) is 2.87. The summed E-state index contributed by atoms with van der Waals surface area (Å²) < 4.78 is 40.5. The minimum Gasteiger partial charge on any atom is -0.342 e. The van der Waals surface area contributed by atoms with Crippen molar-refractivity contribution in [2.24, 2.45) is 11.8 Å². The summed E-state index contributed by atoms with van der Waals surface area (Å²) in [6.45, 7) is 5.74. The van der Waals surface area contributed by atoms with Crippen LogP contribution >= 0.6 is 0 Å². The number of alkyl halides is 3. The molecule has 2 amide bonds. The predicted molar refractivity (Wildman–Crippen MR) is 135 cm³/mol. The van der Waals surface area contributed by atoms with Crippen LogP contribution in [0, 0.1) is 23.2 Å². The first-order valence-corrected chi connectivity index (χ1v) is 12.5. The highest BCUT2D eigenvalue weighted by Crippen LogP contribution is 2.44. The summed E-state index contributed by atoms with van der Waals surface area (Å²) >= 11 is 0. The number of carbonyl (C=O) groups is 3. The monoisotopic (exact) mass is 523 g/mol. The second kappa shape index (κ2) is 10.4. The highest BCUT2D eigenvalue weighted by Gasteiger charge is 2.49. The quantitative estimate of drug-likeness (QED) is 0.500. The van der Waals surface area contributed by atoms with Gasteiger partial charge < -0.3 is 4.90 Å². The second-order valence-electron chi connectivity index (χ2n) is 10.00. The summed E-state index contributed by atoms with van der Waals surface area (Å²) in [6.07, 6.45) is -2.93. The molecule has 1 fully saturated rings. The number of benzene rings is 2. The van der Waals surface area contributed by atoms with Crippen molar-refractivity contribution < 1.29 is 27.6 Å². The molecule has 9 heteroatoms. The fourth-order valence-corrected chi connectivity index (χ4v) is 5.53. The van der Waals surface area contributed by atoms with Gasteiger partial charge in [0.2, 0.25) is 11.8 Å². The third-order valence-electron chi connectivity index (χ3n) is 7.30. The summed E-state index contributed by atoms with van der Waals surface area (Å²) in [6, 6.07) is 12.7. The van der Waals surface area contributed by atoms with Crippen LogP contribution in [-0.2, 0) is 20.6 Å². The van der Waals surface area contributed by atoms with E-state index in [1.165, 1.54) is 26.0 Å². The summed E-state index contributed by atoms with van der Waals surface area (Å²) in [5, 5.41) is 9.22. The zero-order valence-corrected chi connectivity index (χ0v) is 21.4. The molecule has 2 aromatic carbocycles. The van der Waals surface area contributed by atoms with E-state index < -0.39 is 41.2 Å². The Morgan fingerprint density at radius 1 is 1.11 bits per heavy atom. The number of anilines is 1. The molecule has 0 bridgehead atoms. The number of rotatable bonds is 4. The molecule has 2 aromatic rings. The van der Waals surface area contributed by atoms with Gasteiger partial charge in [0.15, 0.2) is 5.78 Å². The van der Waals surface area contributed by atoms with E-state index in [-0.39, 0.29) is 22.9 Å². The lowest BCUT2D eigenvalue weighted by Crippen LogP contribution is -2.53. The third kappa shape index (κ3) is 5.08. The zero-order valence-electron chi connectivity index (χ0n) is 21.4. The van der Waals surface area contributed by atoms with Crippen molar-refractivity contribution in [2.75, 3.05) is 18.0 Å². The van der Waals surface area contributed by atoms with Crippen LogP contribution in [0.1, 0.15) is 56.2 Å². The SMILES string of the molecule is CC(=O)C1=C(C)N(c2cccc(C(F)(F)F)c2)C(=O)C(C(=O)N2CCCC(C)C2)C1c1ccc(C#N)cc1. The average molecular weight is 524 g/mol. The molecular formula is C29H28F3N3O3. The van der Waals surface area contributed by atoms with E-state index in [0.717, 1.165) is 29.9 Å². The lowest BCUT2D eigenvalue weighted by Gasteiger charge is -2.42. The normalized spacial score (nSPS) is 22.3. The topological polar surface area (TPSA) is 81.5 Å². The van der Waals surface area contributed by atoms with Crippen molar-refractivity contribution in [3.63, 3.8) is 0 Å². The lowest BCUT2D eigenvalue weighted by atomic mass is 9.73. The van der Waals surface area contributed by atoms with Crippen LogP contribution < -0.4 is 4.90 Å². The number of hydrogen-bond donors (Lipinski definition) is 0. The van der Waals surface area contributed by atoms with Crippen LogP contribution in [0.4, 0.5) is 18.9 Å². The number of piperidine rings is 1. The number of carbonyl (C=O) groups excluding carboxylic acids is 3. The van der Waals surface area contributed by atoms with Gasteiger partial charge >= 0.3 is 6.18 Å². The first kappa shape index (κ1) is 27.1. The Bertz CT molecular complexity index is 1340. The van der Waals surface area contributed by atoms with Gasteiger partial charge in [-0.25, -0.2) is 0 Å². The first-order chi connectivity index (χ1) is 17.9. The molecule has 38 heavy (non-hydrogen) atoms. The fraction of sp³-hybridized carbons (Fsp3) is 0.379. The van der Waals surface area contributed by atoms with Crippen molar-refractivity contribution in [2.45, 2.75) is 45.7 Å². The molecule has 1 saturated heterocycles. The predicted octanol–water partition coefficient (Wildman–Crippen LogP) is 5.45. The van der Waals surface area contributed by atoms with Crippen molar-refractivity contribution in [3.05, 3.63) is 76.5 Å². The van der Waals surface area contributed by atoms with Crippen LogP contribution in [-0.4, -0.2) is 35.6 Å². The Morgan fingerprint density at radius 2 is 1.79 bits per heavy atom. The van der Waals surface area contributed by atoms with E-state index in [9.17, 15) is 32.8 Å². The summed E-state index contributed by atoms with van der Waals surface area (Å²) in [5.74, 6) is -3.62. The van der Waals surface area contributed by atoms with Gasteiger partial charge in [-0.3, -0.25) is 19.3 Å². The van der Waals surface area contributed by atoms with Crippen molar-refractivity contribution >= 4 is 23.3 Å². The van der Waals surface area contributed by atoms with Crippen LogP contribution in [0.25, 0.3) is 0 Å². The van der Waals surface area contributed by atoms with Gasteiger partial charge in [-0.2, -0.15) is 18.4 Å². The molecule has 0 aliphatic carbocycles. The molecule has 0 radical (unpaired) electrons. The number of allylic oxidation sites excluding steroid dienone is 2. The van der Waals surface area contributed by atoms with E-state index in [1.54, 1.807) is 29.2 Å². The molecule has 4 rings (SSSR count). The molecule has 3 atom stereocenters. The number of likely N-dealkylation sites (tertiary alicyclic amines) is 1. The summed E-state index contributed by atoms with van der Waals surface area (Å²) in [5.41, 5.74) is 0.224. The van der Waals surface area contributed by atoms with Crippen LogP contribution in [0.3, 0.4) is 0 Å². The fourth-order valence-electron chi connectivity index (χ4n) is 5.53. The third-order valence-corrected chi connectivity index (χ3v) is 7.30. The number of nitriles is 1. The van der Waals surface area contributed by atoms with Gasteiger partial charge in [-0.05, 0) is 68.5 Å². The van der Waals surface area contributed by atoms with Gasteiger partial charge in [0.25, 0.3) is 0 Å². The number of ketones is 1. The zero-order chi connectivity index (χ0) is 27.8. The molecule has 2 aliphatic heterocycles. The Labute approximate surface area is 219 Å². The molecule has 2 aliphatic rings. The molecule has 3 unspecified atom stereocenters. The highest BCUT2D eigenvalue weighted by atomic mass is 19.4. The van der Waals surface area contributed by atoms with Crippen molar-refractivity contribution in [3.8, 4) is 6.07 Å². The molecule has 6 nitrogen and oxygen atoms in total. The number of hydrogen-bond acceptors (Lipinski definition) is 4.